The molecule has 0 fully saturated rings. The van der Waals surface area contributed by atoms with E-state index in [-0.39, 0.29) is 5.56 Å². The third-order valence-corrected chi connectivity index (χ3v) is 2.16. The fourth-order valence-corrected chi connectivity index (χ4v) is 1.26. The molecule has 0 saturated carbocycles. The third-order valence-electron chi connectivity index (χ3n) is 2.16. The summed E-state index contributed by atoms with van der Waals surface area (Å²) >= 11 is 0. The summed E-state index contributed by atoms with van der Waals surface area (Å²) in [6.07, 6.45) is -0.00991. The molecule has 2 atom stereocenters. The largest absolute Gasteiger partial charge is 0.480 e. The third kappa shape index (κ3) is 1.71. The molecule has 2 aromatic rings. The Balaban J connectivity index is 2.35. The van der Waals surface area contributed by atoms with Crippen molar-refractivity contribution in [1.82, 2.24) is 20.4 Å². The average Bonchev–Trinajstić information content (AvgIpc) is 2.73. The molecular formula is C8H9N5O3. The lowest BCUT2D eigenvalue weighted by Gasteiger charge is -2.14. The second-order valence-electron chi connectivity index (χ2n) is 3.24. The second kappa shape index (κ2) is 3.83. The summed E-state index contributed by atoms with van der Waals surface area (Å²) in [5.41, 5.74) is 6.41. The Hall–Kier alpha value is -2.06. The molecule has 0 aromatic carbocycles. The minimum Gasteiger partial charge on any atom is -0.480 e. The van der Waals surface area contributed by atoms with E-state index in [1.165, 1.54) is 12.3 Å². The Bertz CT molecular complexity index is 525. The van der Waals surface area contributed by atoms with Gasteiger partial charge in [0.25, 0.3) is 0 Å². The molecule has 2 rings (SSSR count). The number of aliphatic hydroxyl groups is 1. The summed E-state index contributed by atoms with van der Waals surface area (Å²) in [5.74, 6) is -1.28. The Morgan fingerprint density at radius 3 is 2.94 bits per heavy atom. The van der Waals surface area contributed by atoms with Crippen molar-refractivity contribution in [1.29, 1.82) is 0 Å². The van der Waals surface area contributed by atoms with Gasteiger partial charge in [-0.15, -0.1) is 5.10 Å². The van der Waals surface area contributed by atoms with Crippen molar-refractivity contribution in [2.24, 2.45) is 5.73 Å². The van der Waals surface area contributed by atoms with E-state index in [0.717, 1.165) is 0 Å². The highest BCUT2D eigenvalue weighted by Gasteiger charge is 2.24. The SMILES string of the molecule is NC(C(=O)O)C(O)c1cnc2n[nH]nc2c1. The van der Waals surface area contributed by atoms with Gasteiger partial charge in [0.2, 0.25) is 5.65 Å². The quantitative estimate of drug-likeness (QED) is 0.512. The molecule has 2 unspecified atom stereocenters. The predicted octanol–water partition coefficient (Wildman–Crippen LogP) is -1.20. The number of aliphatic carboxylic acids is 1. The molecule has 84 valence electrons. The first-order valence-electron chi connectivity index (χ1n) is 4.42. The number of aromatic amines is 1. The van der Waals surface area contributed by atoms with E-state index in [0.29, 0.717) is 11.2 Å². The molecule has 2 heterocycles. The topological polar surface area (TPSA) is 138 Å². The highest BCUT2D eigenvalue weighted by atomic mass is 16.4. The Kier molecular flexibility index (Phi) is 2.50. The number of rotatable bonds is 3. The molecule has 2 aromatic heterocycles. The first-order chi connectivity index (χ1) is 7.59. The van der Waals surface area contributed by atoms with Gasteiger partial charge in [0, 0.05) is 11.8 Å². The van der Waals surface area contributed by atoms with E-state index in [1.54, 1.807) is 0 Å². The zero-order valence-corrected chi connectivity index (χ0v) is 8.03. The summed E-state index contributed by atoms with van der Waals surface area (Å²) in [5, 5.41) is 28.2. The first kappa shape index (κ1) is 10.5. The highest BCUT2D eigenvalue weighted by Crippen LogP contribution is 2.17. The number of nitrogens with one attached hydrogen (secondary N) is 1. The number of H-pyrrole nitrogens is 1. The second-order valence-corrected chi connectivity index (χ2v) is 3.24. The molecule has 0 bridgehead atoms. The lowest BCUT2D eigenvalue weighted by molar-refractivity contribution is -0.141. The number of carbonyl (C=O) groups is 1. The number of aromatic nitrogens is 4. The predicted molar refractivity (Wildman–Crippen MR) is 52.3 cm³/mol. The van der Waals surface area contributed by atoms with Crippen molar-refractivity contribution < 1.29 is 15.0 Å². The molecule has 0 aliphatic heterocycles. The van der Waals surface area contributed by atoms with Crippen LogP contribution in [0.4, 0.5) is 0 Å². The number of carboxylic acids is 1. The zero-order chi connectivity index (χ0) is 11.7. The van der Waals surface area contributed by atoms with Crippen molar-refractivity contribution in [3.8, 4) is 0 Å². The van der Waals surface area contributed by atoms with Crippen LogP contribution in [-0.2, 0) is 4.79 Å². The summed E-state index contributed by atoms with van der Waals surface area (Å²) in [4.78, 5) is 14.5. The number of aliphatic hydroxyl groups excluding tert-OH is 1. The van der Waals surface area contributed by atoms with E-state index in [1.807, 2.05) is 0 Å². The van der Waals surface area contributed by atoms with Gasteiger partial charge in [0.05, 0.1) is 0 Å². The highest BCUT2D eigenvalue weighted by molar-refractivity contribution is 5.75. The fraction of sp³-hybridized carbons (Fsp3) is 0.250. The van der Waals surface area contributed by atoms with Gasteiger partial charge in [-0.05, 0) is 6.07 Å². The van der Waals surface area contributed by atoms with E-state index >= 15 is 0 Å². The minimum atomic E-state index is -1.40. The minimum absolute atomic E-state index is 0.288. The van der Waals surface area contributed by atoms with Crippen LogP contribution < -0.4 is 5.73 Å². The molecule has 0 aliphatic carbocycles. The van der Waals surface area contributed by atoms with Crippen LogP contribution in [0.2, 0.25) is 0 Å². The maximum absolute atomic E-state index is 10.6. The van der Waals surface area contributed by atoms with Crippen molar-refractivity contribution in [2.45, 2.75) is 12.1 Å². The van der Waals surface area contributed by atoms with Crippen LogP contribution in [0.25, 0.3) is 11.2 Å². The van der Waals surface area contributed by atoms with Crippen LogP contribution in [0.3, 0.4) is 0 Å². The summed E-state index contributed by atoms with van der Waals surface area (Å²) in [6.45, 7) is 0. The van der Waals surface area contributed by atoms with Crippen LogP contribution in [0.5, 0.6) is 0 Å². The summed E-state index contributed by atoms with van der Waals surface area (Å²) in [7, 11) is 0. The van der Waals surface area contributed by atoms with Crippen LogP contribution in [0, 0.1) is 0 Å². The smallest absolute Gasteiger partial charge is 0.323 e. The van der Waals surface area contributed by atoms with Gasteiger partial charge in [-0.3, -0.25) is 4.79 Å². The van der Waals surface area contributed by atoms with Crippen molar-refractivity contribution in [3.05, 3.63) is 17.8 Å². The molecule has 0 spiro atoms. The molecule has 16 heavy (non-hydrogen) atoms. The monoisotopic (exact) mass is 223 g/mol. The fourth-order valence-electron chi connectivity index (χ4n) is 1.26. The van der Waals surface area contributed by atoms with Crippen LogP contribution in [0.1, 0.15) is 11.7 Å². The number of nitrogens with zero attached hydrogens (tertiary/aromatic N) is 3. The van der Waals surface area contributed by atoms with Crippen LogP contribution in [0.15, 0.2) is 12.3 Å². The maximum Gasteiger partial charge on any atom is 0.323 e. The molecule has 5 N–H and O–H groups in total. The average molecular weight is 223 g/mol. The van der Waals surface area contributed by atoms with Gasteiger partial charge in [0.15, 0.2) is 0 Å². The van der Waals surface area contributed by atoms with E-state index in [2.05, 4.69) is 20.4 Å². The van der Waals surface area contributed by atoms with Gasteiger partial charge in [0.1, 0.15) is 17.7 Å². The Morgan fingerprint density at radius 2 is 2.25 bits per heavy atom. The number of pyridine rings is 1. The summed E-state index contributed by atoms with van der Waals surface area (Å²) in [6, 6.07) is 0.0883. The van der Waals surface area contributed by atoms with Crippen molar-refractivity contribution in [3.63, 3.8) is 0 Å². The van der Waals surface area contributed by atoms with E-state index in [4.69, 9.17) is 10.8 Å². The normalized spacial score (nSPS) is 14.9. The standard InChI is InChI=1S/C8H9N5O3/c9-5(8(15)16)6(14)3-1-4-7(10-2-3)12-13-11-4/h1-2,5-6,14H,9H2,(H,15,16)(H,10,11,12,13). The van der Waals surface area contributed by atoms with E-state index in [9.17, 15) is 9.90 Å². The van der Waals surface area contributed by atoms with Crippen LogP contribution in [-0.4, -0.2) is 42.6 Å². The number of nitrogens with two attached hydrogens (primary N) is 1. The molecule has 8 nitrogen and oxygen atoms in total. The maximum atomic E-state index is 10.6. The number of hydrogen-bond donors (Lipinski definition) is 4. The molecule has 0 saturated heterocycles. The number of hydrogen-bond acceptors (Lipinski definition) is 6. The Morgan fingerprint density at radius 1 is 1.50 bits per heavy atom. The van der Waals surface area contributed by atoms with Gasteiger partial charge in [-0.25, -0.2) is 4.98 Å². The first-order valence-corrected chi connectivity index (χ1v) is 4.42. The van der Waals surface area contributed by atoms with Crippen LogP contribution >= 0.6 is 0 Å². The van der Waals surface area contributed by atoms with E-state index < -0.39 is 18.1 Å². The van der Waals surface area contributed by atoms with Gasteiger partial charge < -0.3 is 15.9 Å². The molecular weight excluding hydrogens is 214 g/mol. The number of fused-ring (bicyclic) bond motifs is 1. The molecule has 0 amide bonds. The van der Waals surface area contributed by atoms with Gasteiger partial charge in [-0.2, -0.15) is 10.3 Å². The molecule has 0 aliphatic rings. The summed E-state index contributed by atoms with van der Waals surface area (Å²) < 4.78 is 0. The van der Waals surface area contributed by atoms with Gasteiger partial charge in [-0.1, -0.05) is 0 Å². The van der Waals surface area contributed by atoms with Crippen molar-refractivity contribution in [2.75, 3.05) is 0 Å². The lowest BCUT2D eigenvalue weighted by Crippen LogP contribution is -2.36. The molecule has 8 heteroatoms. The Labute approximate surface area is 89.1 Å². The molecule has 0 radical (unpaired) electrons. The van der Waals surface area contributed by atoms with Gasteiger partial charge >= 0.3 is 5.97 Å². The zero-order valence-electron chi connectivity index (χ0n) is 8.03. The number of carboxylic acid groups (broad SMARTS) is 1. The van der Waals surface area contributed by atoms with Crippen molar-refractivity contribution >= 4 is 17.1 Å². The lowest BCUT2D eigenvalue weighted by atomic mass is 10.1.